The van der Waals surface area contributed by atoms with Crippen LogP contribution in [0, 0.1) is 0 Å². The van der Waals surface area contributed by atoms with E-state index in [4.69, 9.17) is 9.72 Å². The molecule has 0 saturated heterocycles. The molecule has 0 aliphatic carbocycles. The van der Waals surface area contributed by atoms with Crippen molar-refractivity contribution in [2.24, 2.45) is 0 Å². The Kier molecular flexibility index (Phi) is 8.78. The average Bonchev–Trinajstić information content (AvgIpc) is 3.24. The van der Waals surface area contributed by atoms with E-state index in [0.717, 1.165) is 47.1 Å². The number of aryl methyl sites for hydroxylation is 1. The lowest BCUT2D eigenvalue weighted by Gasteiger charge is -2.21. The minimum Gasteiger partial charge on any atom is -0.481 e. The molecule has 0 radical (unpaired) electrons. The number of carboxylic acid groups (broad SMARTS) is 1. The molecule has 11 heteroatoms. The van der Waals surface area contributed by atoms with Crippen LogP contribution < -0.4 is 4.72 Å². The number of carbonyl (C=O) groups is 2. The molecule has 9 nitrogen and oxygen atoms in total. The van der Waals surface area contributed by atoms with E-state index in [0.29, 0.717) is 24.1 Å². The molecule has 1 amide bonds. The first-order chi connectivity index (χ1) is 18.2. The summed E-state index contributed by atoms with van der Waals surface area (Å²) in [5, 5.41) is 10.7. The third-order valence-corrected chi connectivity index (χ3v) is 8.74. The molecule has 2 N–H and O–H groups in total. The normalized spacial score (nSPS) is 15.1. The van der Waals surface area contributed by atoms with Crippen LogP contribution in [-0.4, -0.2) is 47.5 Å². The van der Waals surface area contributed by atoms with Gasteiger partial charge in [-0.05, 0) is 37.0 Å². The number of ether oxygens (including phenoxy) is 1. The molecule has 1 aliphatic rings. The number of thioether (sulfide) groups is 1. The highest BCUT2D eigenvalue weighted by molar-refractivity contribution is 7.99. The summed E-state index contributed by atoms with van der Waals surface area (Å²) in [7, 11) is -4.15. The number of nitrogens with one attached hydrogen (secondary N) is 1. The number of sulfonamides is 1. The largest absolute Gasteiger partial charge is 0.481 e. The maximum absolute atomic E-state index is 12.9. The highest BCUT2D eigenvalue weighted by Gasteiger charge is 2.33. The van der Waals surface area contributed by atoms with Crippen molar-refractivity contribution in [3.8, 4) is 11.1 Å². The number of imidazole rings is 1. The van der Waals surface area contributed by atoms with E-state index < -0.39 is 28.0 Å². The summed E-state index contributed by atoms with van der Waals surface area (Å²) in [6, 6.07) is 13.9. The monoisotopic (exact) mass is 557 g/mol. The molecule has 1 aliphatic heterocycles. The fourth-order valence-corrected chi connectivity index (χ4v) is 6.76. The van der Waals surface area contributed by atoms with Gasteiger partial charge in [0, 0.05) is 24.3 Å². The number of unbranched alkanes of at least 4 members (excludes halogenated alkanes) is 1. The molecule has 3 aromatic rings. The maximum atomic E-state index is 12.9. The number of aromatic nitrogens is 2. The Labute approximate surface area is 226 Å². The zero-order valence-corrected chi connectivity index (χ0v) is 23.0. The summed E-state index contributed by atoms with van der Waals surface area (Å²) < 4.78 is 34.4. The van der Waals surface area contributed by atoms with Gasteiger partial charge in [0.2, 0.25) is 0 Å². The van der Waals surface area contributed by atoms with Gasteiger partial charge in [-0.2, -0.15) is 0 Å². The van der Waals surface area contributed by atoms with Gasteiger partial charge in [-0.15, -0.1) is 11.8 Å². The van der Waals surface area contributed by atoms with Gasteiger partial charge in [-0.25, -0.2) is 22.9 Å². The van der Waals surface area contributed by atoms with Gasteiger partial charge in [0.15, 0.2) is 0 Å². The van der Waals surface area contributed by atoms with Crippen molar-refractivity contribution in [3.63, 3.8) is 0 Å². The van der Waals surface area contributed by atoms with E-state index in [1.54, 1.807) is 36.9 Å². The molecule has 1 atom stereocenters. The number of carbonyl (C=O) groups excluding carboxylic acids is 1. The van der Waals surface area contributed by atoms with Gasteiger partial charge >= 0.3 is 12.1 Å². The summed E-state index contributed by atoms with van der Waals surface area (Å²) in [5.41, 5.74) is 2.82. The molecule has 4 rings (SSSR count). The van der Waals surface area contributed by atoms with Crippen LogP contribution in [0.1, 0.15) is 56.1 Å². The van der Waals surface area contributed by atoms with Crippen molar-refractivity contribution in [1.29, 1.82) is 0 Å². The first kappa shape index (κ1) is 27.7. The summed E-state index contributed by atoms with van der Waals surface area (Å²) in [5.74, 6) is 0.204. The van der Waals surface area contributed by atoms with Crippen molar-refractivity contribution in [1.82, 2.24) is 14.3 Å². The molecule has 202 valence electrons. The second-order valence-corrected chi connectivity index (χ2v) is 11.7. The van der Waals surface area contributed by atoms with Crippen LogP contribution >= 0.6 is 11.8 Å². The number of hydrogen-bond donors (Lipinski definition) is 2. The van der Waals surface area contributed by atoms with Gasteiger partial charge in [-0.3, -0.25) is 4.79 Å². The Balaban J connectivity index is 1.65. The second kappa shape index (κ2) is 12.0. The fraction of sp³-hybridized carbons (Fsp3) is 0.370. The van der Waals surface area contributed by atoms with Gasteiger partial charge in [-0.1, -0.05) is 55.8 Å². The SMILES string of the molecule is CCCCc1nc2c(n1Cc1ccc(-c3ccccc3S(=O)(=O)NC(=O)OCC)cc1)C(C(=O)O)CCS2. The lowest BCUT2D eigenvalue weighted by Crippen LogP contribution is -2.31. The lowest BCUT2D eigenvalue weighted by atomic mass is 10.0. The number of aliphatic carboxylic acids is 1. The Morgan fingerprint density at radius 2 is 1.89 bits per heavy atom. The number of rotatable bonds is 10. The molecular formula is C27H31N3O6S2. The Morgan fingerprint density at radius 1 is 1.16 bits per heavy atom. The fourth-order valence-electron chi connectivity index (χ4n) is 4.52. The summed E-state index contributed by atoms with van der Waals surface area (Å²) >= 11 is 1.61. The first-order valence-electron chi connectivity index (χ1n) is 12.6. The quantitative estimate of drug-likeness (QED) is 0.355. The molecule has 0 saturated carbocycles. The topological polar surface area (TPSA) is 128 Å². The lowest BCUT2D eigenvalue weighted by molar-refractivity contribution is -0.139. The highest BCUT2D eigenvalue weighted by atomic mass is 32.2. The first-order valence-corrected chi connectivity index (χ1v) is 15.0. The van der Waals surface area contributed by atoms with Crippen molar-refractivity contribution in [2.75, 3.05) is 12.4 Å². The predicted octanol–water partition coefficient (Wildman–Crippen LogP) is 5.04. The smallest absolute Gasteiger partial charge is 0.421 e. The Bertz CT molecular complexity index is 1420. The minimum atomic E-state index is -4.15. The van der Waals surface area contributed by atoms with Crippen LogP contribution in [0.2, 0.25) is 0 Å². The van der Waals surface area contributed by atoms with Crippen LogP contribution in [0.25, 0.3) is 11.1 Å². The Hall–Kier alpha value is -3.31. The molecule has 0 bridgehead atoms. The number of hydrogen-bond acceptors (Lipinski definition) is 7. The van der Waals surface area contributed by atoms with Gasteiger partial charge in [0.05, 0.1) is 17.2 Å². The molecule has 2 heterocycles. The van der Waals surface area contributed by atoms with Crippen LogP contribution in [-0.2, 0) is 32.5 Å². The number of benzene rings is 2. The maximum Gasteiger partial charge on any atom is 0.421 e. The minimum absolute atomic E-state index is 0.0346. The third-order valence-electron chi connectivity index (χ3n) is 6.35. The zero-order chi connectivity index (χ0) is 27.3. The van der Waals surface area contributed by atoms with Gasteiger partial charge in [0.1, 0.15) is 16.8 Å². The van der Waals surface area contributed by atoms with Crippen LogP contribution in [0.3, 0.4) is 0 Å². The number of carboxylic acids is 1. The standard InChI is InChI=1S/C27H31N3O6S2/c1-3-5-10-23-28-25-24(21(26(31)32)15-16-37-25)30(23)17-18-11-13-19(14-12-18)20-8-6-7-9-22(20)38(34,35)29-27(33)36-4-2/h6-9,11-14,21H,3-5,10,15-17H2,1-2H3,(H,29,33)(H,31,32). The molecule has 2 aromatic carbocycles. The van der Waals surface area contributed by atoms with Crippen LogP contribution in [0.5, 0.6) is 0 Å². The third kappa shape index (κ3) is 6.05. The zero-order valence-electron chi connectivity index (χ0n) is 21.3. The van der Waals surface area contributed by atoms with Crippen molar-refractivity contribution in [3.05, 3.63) is 65.6 Å². The van der Waals surface area contributed by atoms with Crippen LogP contribution in [0.4, 0.5) is 4.79 Å². The van der Waals surface area contributed by atoms with E-state index in [9.17, 15) is 23.1 Å². The summed E-state index contributed by atoms with van der Waals surface area (Å²) in [6.45, 7) is 4.22. The van der Waals surface area contributed by atoms with Crippen LogP contribution in [0.15, 0.2) is 58.5 Å². The molecule has 1 aromatic heterocycles. The van der Waals surface area contributed by atoms with E-state index in [1.807, 2.05) is 33.6 Å². The van der Waals surface area contributed by atoms with Crippen molar-refractivity contribution in [2.45, 2.75) is 61.9 Å². The number of nitrogens with zero attached hydrogens (tertiary/aromatic N) is 2. The predicted molar refractivity (Wildman–Crippen MR) is 145 cm³/mol. The molecule has 38 heavy (non-hydrogen) atoms. The summed E-state index contributed by atoms with van der Waals surface area (Å²) in [6.07, 6.45) is 2.28. The van der Waals surface area contributed by atoms with E-state index >= 15 is 0 Å². The summed E-state index contributed by atoms with van der Waals surface area (Å²) in [4.78, 5) is 28.6. The van der Waals surface area contributed by atoms with E-state index in [1.165, 1.54) is 6.07 Å². The molecule has 1 unspecified atom stereocenters. The van der Waals surface area contributed by atoms with Gasteiger partial charge < -0.3 is 14.4 Å². The Morgan fingerprint density at radius 3 is 2.58 bits per heavy atom. The average molecular weight is 558 g/mol. The van der Waals surface area contributed by atoms with Crippen molar-refractivity contribution >= 4 is 33.8 Å². The number of amides is 1. The van der Waals surface area contributed by atoms with E-state index in [2.05, 4.69) is 6.92 Å². The van der Waals surface area contributed by atoms with Gasteiger partial charge in [0.25, 0.3) is 10.0 Å². The molecular weight excluding hydrogens is 526 g/mol. The number of fused-ring (bicyclic) bond motifs is 1. The molecule has 0 fully saturated rings. The second-order valence-electron chi connectivity index (χ2n) is 8.96. The highest BCUT2D eigenvalue weighted by Crippen LogP contribution is 2.39. The van der Waals surface area contributed by atoms with Crippen molar-refractivity contribution < 1.29 is 27.9 Å². The van der Waals surface area contributed by atoms with E-state index in [-0.39, 0.29) is 11.5 Å². The molecule has 0 spiro atoms.